The Bertz CT molecular complexity index is 396. The highest BCUT2D eigenvalue weighted by Gasteiger charge is 2.21. The van der Waals surface area contributed by atoms with E-state index in [1.54, 1.807) is 6.92 Å². The minimum absolute atomic E-state index is 0.0119. The molecule has 0 spiro atoms. The standard InChI is InChI=1S/C9H20N2O5S2/c1-8(7-17(4)13)10-18(14,15)11(2)6-5-9(12)16-3/h8,10H,5-7H2,1-4H3. The summed E-state index contributed by atoms with van der Waals surface area (Å²) in [6.45, 7) is 1.66. The molecule has 0 aromatic carbocycles. The van der Waals surface area contributed by atoms with E-state index in [0.717, 1.165) is 4.31 Å². The van der Waals surface area contributed by atoms with Crippen molar-refractivity contribution in [3.05, 3.63) is 0 Å². The molecule has 0 saturated carbocycles. The predicted octanol–water partition coefficient (Wildman–Crippen LogP) is -0.917. The maximum Gasteiger partial charge on any atom is 0.306 e. The van der Waals surface area contributed by atoms with Gasteiger partial charge in [-0.2, -0.15) is 17.4 Å². The van der Waals surface area contributed by atoms with Crippen molar-refractivity contribution in [2.45, 2.75) is 19.4 Å². The number of nitrogens with zero attached hydrogens (tertiary/aromatic N) is 1. The number of hydrogen-bond acceptors (Lipinski definition) is 5. The molecule has 7 nitrogen and oxygen atoms in total. The van der Waals surface area contributed by atoms with Crippen LogP contribution in [0.4, 0.5) is 0 Å². The minimum atomic E-state index is -3.67. The van der Waals surface area contributed by atoms with E-state index in [4.69, 9.17) is 0 Å². The van der Waals surface area contributed by atoms with Crippen LogP contribution < -0.4 is 4.72 Å². The third-order valence-electron chi connectivity index (χ3n) is 2.10. The maximum absolute atomic E-state index is 11.8. The van der Waals surface area contributed by atoms with Crippen molar-refractivity contribution >= 4 is 27.0 Å². The zero-order valence-corrected chi connectivity index (χ0v) is 12.6. The quantitative estimate of drug-likeness (QED) is 0.585. The monoisotopic (exact) mass is 300 g/mol. The third-order valence-corrected chi connectivity index (χ3v) is 4.78. The van der Waals surface area contributed by atoms with E-state index in [2.05, 4.69) is 9.46 Å². The largest absolute Gasteiger partial charge is 0.469 e. The first kappa shape index (κ1) is 17.5. The average molecular weight is 300 g/mol. The number of carbonyl (C=O) groups is 1. The smallest absolute Gasteiger partial charge is 0.306 e. The highest BCUT2D eigenvalue weighted by atomic mass is 32.2. The van der Waals surface area contributed by atoms with Crippen molar-refractivity contribution in [3.63, 3.8) is 0 Å². The summed E-state index contributed by atoms with van der Waals surface area (Å²) in [6, 6.07) is -0.429. The van der Waals surface area contributed by atoms with Crippen molar-refractivity contribution in [1.29, 1.82) is 0 Å². The second-order valence-corrected chi connectivity index (χ2v) is 7.20. The van der Waals surface area contributed by atoms with Crippen LogP contribution in [0.2, 0.25) is 0 Å². The van der Waals surface area contributed by atoms with Crippen LogP contribution in [0, 0.1) is 0 Å². The Hall–Kier alpha value is -0.510. The molecule has 108 valence electrons. The van der Waals surface area contributed by atoms with Gasteiger partial charge in [0.05, 0.1) is 13.5 Å². The second-order valence-electron chi connectivity index (χ2n) is 3.91. The molecular formula is C9H20N2O5S2. The lowest BCUT2D eigenvalue weighted by molar-refractivity contribution is -0.140. The van der Waals surface area contributed by atoms with Gasteiger partial charge in [-0.15, -0.1) is 0 Å². The molecule has 0 saturated heterocycles. The molecule has 0 fully saturated rings. The van der Waals surface area contributed by atoms with Crippen molar-refractivity contribution in [2.24, 2.45) is 0 Å². The summed E-state index contributed by atoms with van der Waals surface area (Å²) in [5, 5.41) is 0. The Kier molecular flexibility index (Phi) is 7.60. The number of nitrogens with one attached hydrogen (secondary N) is 1. The minimum Gasteiger partial charge on any atom is -0.469 e. The molecule has 0 bridgehead atoms. The van der Waals surface area contributed by atoms with Crippen LogP contribution >= 0.6 is 0 Å². The van der Waals surface area contributed by atoms with Gasteiger partial charge < -0.3 is 4.74 Å². The number of ether oxygens (including phenoxy) is 1. The molecule has 1 N–H and O–H groups in total. The SMILES string of the molecule is COC(=O)CCN(C)S(=O)(=O)NC(C)CS(C)=O. The maximum atomic E-state index is 11.8. The normalized spacial score (nSPS) is 15.4. The van der Waals surface area contributed by atoms with Crippen LogP contribution in [-0.2, 0) is 30.5 Å². The number of esters is 1. The first-order valence-electron chi connectivity index (χ1n) is 5.29. The summed E-state index contributed by atoms with van der Waals surface area (Å²) in [4.78, 5) is 10.9. The highest BCUT2D eigenvalue weighted by Crippen LogP contribution is 1.99. The first-order valence-corrected chi connectivity index (χ1v) is 8.46. The van der Waals surface area contributed by atoms with Gasteiger partial charge in [0.2, 0.25) is 0 Å². The molecule has 2 unspecified atom stereocenters. The van der Waals surface area contributed by atoms with Gasteiger partial charge in [0.15, 0.2) is 0 Å². The Morgan fingerprint density at radius 1 is 1.50 bits per heavy atom. The summed E-state index contributed by atoms with van der Waals surface area (Å²) >= 11 is 0. The van der Waals surface area contributed by atoms with Gasteiger partial charge in [-0.05, 0) is 6.92 Å². The Labute approximate surface area is 111 Å². The highest BCUT2D eigenvalue weighted by molar-refractivity contribution is 7.87. The number of rotatable bonds is 8. The van der Waals surface area contributed by atoms with Crippen LogP contribution in [0.25, 0.3) is 0 Å². The molecule has 0 radical (unpaired) electrons. The molecule has 18 heavy (non-hydrogen) atoms. The molecule has 0 aromatic rings. The molecule has 0 aliphatic carbocycles. The second kappa shape index (κ2) is 7.82. The molecular weight excluding hydrogens is 280 g/mol. The van der Waals surface area contributed by atoms with Crippen molar-refractivity contribution in [1.82, 2.24) is 9.03 Å². The topological polar surface area (TPSA) is 92.8 Å². The lowest BCUT2D eigenvalue weighted by Gasteiger charge is -2.20. The number of hydrogen-bond donors (Lipinski definition) is 1. The summed E-state index contributed by atoms with van der Waals surface area (Å²) in [7, 11) is -2.14. The fourth-order valence-electron chi connectivity index (χ4n) is 1.20. The summed E-state index contributed by atoms with van der Waals surface area (Å²) in [5.41, 5.74) is 0. The van der Waals surface area contributed by atoms with Gasteiger partial charge in [-0.1, -0.05) is 0 Å². The Balaban J connectivity index is 4.35. The number of methoxy groups -OCH3 is 1. The van der Waals surface area contributed by atoms with Crippen molar-refractivity contribution in [3.8, 4) is 0 Å². The Morgan fingerprint density at radius 3 is 2.50 bits per heavy atom. The van der Waals surface area contributed by atoms with Gasteiger partial charge in [0.25, 0.3) is 10.2 Å². The van der Waals surface area contributed by atoms with E-state index in [1.807, 2.05) is 0 Å². The van der Waals surface area contributed by atoms with Crippen LogP contribution in [0.5, 0.6) is 0 Å². The van der Waals surface area contributed by atoms with Crippen molar-refractivity contribution in [2.75, 3.05) is 32.7 Å². The molecule has 0 aromatic heterocycles. The lowest BCUT2D eigenvalue weighted by Crippen LogP contribution is -2.45. The van der Waals surface area contributed by atoms with E-state index < -0.39 is 33.0 Å². The van der Waals surface area contributed by atoms with E-state index in [9.17, 15) is 17.4 Å². The molecule has 0 aliphatic heterocycles. The molecule has 0 amide bonds. The van der Waals surface area contributed by atoms with Crippen LogP contribution in [0.3, 0.4) is 0 Å². The van der Waals surface area contributed by atoms with E-state index >= 15 is 0 Å². The zero-order chi connectivity index (χ0) is 14.3. The van der Waals surface area contributed by atoms with Crippen LogP contribution in [-0.4, -0.2) is 61.7 Å². The summed E-state index contributed by atoms with van der Waals surface area (Å²) in [6.07, 6.45) is 1.49. The van der Waals surface area contributed by atoms with Crippen molar-refractivity contribution < 1.29 is 22.2 Å². The number of carbonyl (C=O) groups excluding carboxylic acids is 1. The Morgan fingerprint density at radius 2 is 2.06 bits per heavy atom. The van der Waals surface area contributed by atoms with Gasteiger partial charge in [0, 0.05) is 42.4 Å². The van der Waals surface area contributed by atoms with E-state index in [1.165, 1.54) is 20.4 Å². The van der Waals surface area contributed by atoms with E-state index in [0.29, 0.717) is 0 Å². The van der Waals surface area contributed by atoms with Crippen LogP contribution in [0.15, 0.2) is 0 Å². The van der Waals surface area contributed by atoms with Gasteiger partial charge in [-0.3, -0.25) is 9.00 Å². The van der Waals surface area contributed by atoms with Gasteiger partial charge in [0.1, 0.15) is 0 Å². The molecule has 9 heteroatoms. The van der Waals surface area contributed by atoms with Gasteiger partial charge in [-0.25, -0.2) is 0 Å². The van der Waals surface area contributed by atoms with Gasteiger partial charge >= 0.3 is 5.97 Å². The average Bonchev–Trinajstić information content (AvgIpc) is 2.22. The van der Waals surface area contributed by atoms with Crippen LogP contribution in [0.1, 0.15) is 13.3 Å². The fourth-order valence-corrected chi connectivity index (χ4v) is 3.20. The molecule has 0 rings (SSSR count). The first-order chi connectivity index (χ1) is 8.19. The third kappa shape index (κ3) is 7.04. The fraction of sp³-hybridized carbons (Fsp3) is 0.889. The van der Waals surface area contributed by atoms with E-state index in [-0.39, 0.29) is 18.7 Å². The summed E-state index contributed by atoms with van der Waals surface area (Å²) < 4.78 is 42.4. The predicted molar refractivity (Wildman–Crippen MR) is 69.7 cm³/mol. The molecule has 2 atom stereocenters. The zero-order valence-electron chi connectivity index (χ0n) is 11.0. The molecule has 0 aliphatic rings. The lowest BCUT2D eigenvalue weighted by atomic mass is 10.4. The molecule has 0 heterocycles. The summed E-state index contributed by atoms with van der Waals surface area (Å²) in [5.74, 6) is -0.232.